The van der Waals surface area contributed by atoms with Crippen LogP contribution in [0.25, 0.3) is 11.4 Å². The van der Waals surface area contributed by atoms with E-state index in [-0.39, 0.29) is 40.4 Å². The third-order valence-corrected chi connectivity index (χ3v) is 6.19. The van der Waals surface area contributed by atoms with Gasteiger partial charge in [-0.1, -0.05) is 18.2 Å². The van der Waals surface area contributed by atoms with Gasteiger partial charge in [-0.2, -0.15) is 22.5 Å². The van der Waals surface area contributed by atoms with E-state index in [1.807, 2.05) is 0 Å². The minimum absolute atomic E-state index is 0.0211. The molecule has 0 spiro atoms. The molecular formula is C14H12F3N3O3S2. The number of halogens is 3. The molecular weight excluding hydrogens is 379 g/mol. The first-order valence-corrected chi connectivity index (χ1v) is 9.74. The van der Waals surface area contributed by atoms with Crippen LogP contribution in [-0.4, -0.2) is 35.2 Å². The van der Waals surface area contributed by atoms with Crippen LogP contribution in [0.3, 0.4) is 0 Å². The average Bonchev–Trinajstić information content (AvgIpc) is 2.92. The minimum atomic E-state index is -4.54. The molecule has 3 rings (SSSR count). The Kier molecular flexibility index (Phi) is 4.54. The molecule has 2 aromatic rings. The van der Waals surface area contributed by atoms with Crippen LogP contribution in [0.4, 0.5) is 18.3 Å². The Labute approximate surface area is 145 Å². The molecule has 1 aromatic heterocycles. The van der Waals surface area contributed by atoms with Crippen LogP contribution in [-0.2, 0) is 20.8 Å². The fourth-order valence-corrected chi connectivity index (χ4v) is 4.70. The summed E-state index contributed by atoms with van der Waals surface area (Å²) >= 11 is 0.766. The van der Waals surface area contributed by atoms with Gasteiger partial charge in [-0.05, 0) is 12.0 Å². The van der Waals surface area contributed by atoms with Crippen molar-refractivity contribution in [1.82, 2.24) is 9.36 Å². The number of carbonyl (C=O) groups excluding carboxylic acids is 1. The Morgan fingerprint density at radius 2 is 1.96 bits per heavy atom. The number of aromatic nitrogens is 2. The third-order valence-electron chi connectivity index (χ3n) is 3.60. The highest BCUT2D eigenvalue weighted by molar-refractivity contribution is 7.92. The highest BCUT2D eigenvalue weighted by Crippen LogP contribution is 2.36. The molecule has 1 saturated heterocycles. The van der Waals surface area contributed by atoms with Crippen molar-refractivity contribution >= 4 is 32.4 Å². The molecule has 1 aromatic carbocycles. The normalized spacial score (nSPS) is 17.1. The lowest BCUT2D eigenvalue weighted by atomic mass is 10.1. The van der Waals surface area contributed by atoms with Gasteiger partial charge in [0.1, 0.15) is 0 Å². The lowest BCUT2D eigenvalue weighted by molar-refractivity contribution is -0.137. The molecule has 0 atom stereocenters. The van der Waals surface area contributed by atoms with Gasteiger partial charge in [0.15, 0.2) is 15.7 Å². The molecule has 134 valence electrons. The van der Waals surface area contributed by atoms with E-state index in [9.17, 15) is 26.4 Å². The van der Waals surface area contributed by atoms with E-state index in [2.05, 4.69) is 14.7 Å². The van der Waals surface area contributed by atoms with E-state index in [1.165, 1.54) is 18.2 Å². The summed E-state index contributed by atoms with van der Waals surface area (Å²) in [5.41, 5.74) is -1.03. The maximum absolute atomic E-state index is 13.0. The van der Waals surface area contributed by atoms with Crippen molar-refractivity contribution in [1.29, 1.82) is 0 Å². The van der Waals surface area contributed by atoms with Crippen molar-refractivity contribution in [3.05, 3.63) is 29.8 Å². The van der Waals surface area contributed by atoms with Gasteiger partial charge in [0.25, 0.3) is 0 Å². The highest BCUT2D eigenvalue weighted by Gasteiger charge is 2.35. The first-order chi connectivity index (χ1) is 11.6. The molecule has 0 radical (unpaired) electrons. The molecule has 1 N–H and O–H groups in total. The molecule has 1 fully saturated rings. The fraction of sp³-hybridized carbons (Fsp3) is 0.357. The van der Waals surface area contributed by atoms with Gasteiger partial charge in [0.2, 0.25) is 11.0 Å². The van der Waals surface area contributed by atoms with E-state index >= 15 is 0 Å². The zero-order valence-corrected chi connectivity index (χ0v) is 14.2. The third kappa shape index (κ3) is 4.15. The second-order valence-electron chi connectivity index (χ2n) is 5.66. The smallest absolute Gasteiger partial charge is 0.301 e. The lowest BCUT2D eigenvalue weighted by Gasteiger charge is -2.24. The first kappa shape index (κ1) is 17.8. The Hall–Kier alpha value is -2.01. The van der Waals surface area contributed by atoms with Crippen LogP contribution in [0.5, 0.6) is 0 Å². The monoisotopic (exact) mass is 391 g/mol. The Morgan fingerprint density at radius 1 is 1.28 bits per heavy atom. The second-order valence-corrected chi connectivity index (χ2v) is 8.57. The number of nitrogens with zero attached hydrogens (tertiary/aromatic N) is 2. The number of benzene rings is 1. The summed E-state index contributed by atoms with van der Waals surface area (Å²) in [5.74, 6) is -0.851. The average molecular weight is 391 g/mol. The van der Waals surface area contributed by atoms with E-state index in [0.29, 0.717) is 0 Å². The van der Waals surface area contributed by atoms with Crippen molar-refractivity contribution in [2.75, 3.05) is 16.8 Å². The van der Waals surface area contributed by atoms with Crippen molar-refractivity contribution in [2.45, 2.75) is 12.6 Å². The van der Waals surface area contributed by atoms with Gasteiger partial charge in [0.05, 0.1) is 17.1 Å². The molecule has 1 aliphatic rings. The maximum Gasteiger partial charge on any atom is 0.417 e. The van der Waals surface area contributed by atoms with Gasteiger partial charge in [-0.3, -0.25) is 4.79 Å². The number of rotatable bonds is 4. The van der Waals surface area contributed by atoms with Crippen molar-refractivity contribution in [3.8, 4) is 11.4 Å². The van der Waals surface area contributed by atoms with E-state index in [4.69, 9.17) is 0 Å². The summed E-state index contributed by atoms with van der Waals surface area (Å²) in [6.07, 6.45) is -4.52. The summed E-state index contributed by atoms with van der Waals surface area (Å²) in [7, 11) is -3.01. The largest absolute Gasteiger partial charge is 0.417 e. The van der Waals surface area contributed by atoms with Crippen LogP contribution in [0, 0.1) is 5.92 Å². The van der Waals surface area contributed by atoms with Crippen LogP contribution in [0.1, 0.15) is 12.0 Å². The number of hydrogen-bond donors (Lipinski definition) is 1. The molecule has 1 amide bonds. The zero-order chi connectivity index (χ0) is 18.2. The van der Waals surface area contributed by atoms with Gasteiger partial charge in [-0.25, -0.2) is 8.42 Å². The number of hydrogen-bond acceptors (Lipinski definition) is 6. The topological polar surface area (TPSA) is 89.0 Å². The summed E-state index contributed by atoms with van der Waals surface area (Å²) in [4.78, 5) is 15.8. The number of nitrogens with one attached hydrogen (secondary N) is 1. The molecule has 1 aliphatic heterocycles. The Balaban J connectivity index is 1.70. The molecule has 2 heterocycles. The summed E-state index contributed by atoms with van der Waals surface area (Å²) < 4.78 is 65.1. The van der Waals surface area contributed by atoms with E-state index in [0.717, 1.165) is 17.6 Å². The maximum atomic E-state index is 13.0. The Morgan fingerprint density at radius 3 is 2.60 bits per heavy atom. The predicted molar refractivity (Wildman–Crippen MR) is 85.7 cm³/mol. The second kappa shape index (κ2) is 6.37. The predicted octanol–water partition coefficient (Wildman–Crippen LogP) is 2.60. The fourth-order valence-electron chi connectivity index (χ4n) is 2.53. The van der Waals surface area contributed by atoms with E-state index < -0.39 is 27.5 Å². The zero-order valence-electron chi connectivity index (χ0n) is 12.6. The standard InChI is InChI=1S/C14H12F3N3O3S2/c15-14(16,17)10-4-2-1-3-9(10)12-19-13(24-20-12)18-11(21)5-8-6-25(22,23)7-8/h1-4,8H,5-7H2,(H,18,19,20,21). The van der Waals surface area contributed by atoms with Crippen molar-refractivity contribution in [2.24, 2.45) is 5.92 Å². The summed E-state index contributed by atoms with van der Waals surface area (Å²) in [6.45, 7) is 0. The number of sulfone groups is 1. The van der Waals surface area contributed by atoms with Crippen molar-refractivity contribution < 1.29 is 26.4 Å². The number of amides is 1. The van der Waals surface area contributed by atoms with Crippen LogP contribution < -0.4 is 5.32 Å². The number of alkyl halides is 3. The molecule has 11 heteroatoms. The quantitative estimate of drug-likeness (QED) is 0.865. The highest BCUT2D eigenvalue weighted by atomic mass is 32.2. The van der Waals surface area contributed by atoms with Gasteiger partial charge < -0.3 is 5.32 Å². The lowest BCUT2D eigenvalue weighted by Crippen LogP contribution is -2.38. The molecule has 0 bridgehead atoms. The molecule has 0 aliphatic carbocycles. The Bertz CT molecular complexity index is 897. The number of anilines is 1. The van der Waals surface area contributed by atoms with E-state index in [1.54, 1.807) is 0 Å². The minimum Gasteiger partial charge on any atom is -0.301 e. The van der Waals surface area contributed by atoms with Crippen LogP contribution in [0.15, 0.2) is 24.3 Å². The van der Waals surface area contributed by atoms with Crippen LogP contribution in [0.2, 0.25) is 0 Å². The molecule has 0 saturated carbocycles. The van der Waals surface area contributed by atoms with Gasteiger partial charge in [0, 0.05) is 23.5 Å². The molecule has 25 heavy (non-hydrogen) atoms. The van der Waals surface area contributed by atoms with Gasteiger partial charge >= 0.3 is 6.18 Å². The van der Waals surface area contributed by atoms with Gasteiger partial charge in [-0.15, -0.1) is 0 Å². The molecule has 6 nitrogen and oxygen atoms in total. The first-order valence-electron chi connectivity index (χ1n) is 7.14. The van der Waals surface area contributed by atoms with Crippen molar-refractivity contribution in [3.63, 3.8) is 0 Å². The van der Waals surface area contributed by atoms with Crippen LogP contribution >= 0.6 is 11.5 Å². The summed E-state index contributed by atoms with van der Waals surface area (Å²) in [5, 5.41) is 2.52. The molecule has 0 unspecified atom stereocenters. The summed E-state index contributed by atoms with van der Waals surface area (Å²) in [6, 6.07) is 4.91. The number of carbonyl (C=O) groups is 1. The SMILES string of the molecule is O=C(CC1CS(=O)(=O)C1)Nc1nc(-c2ccccc2C(F)(F)F)ns1.